The molecule has 1 aromatic rings. The number of rotatable bonds is 2. The van der Waals surface area contributed by atoms with Crippen LogP contribution in [0.15, 0.2) is 30.3 Å². The molecule has 3 rings (SSSR count). The summed E-state index contributed by atoms with van der Waals surface area (Å²) in [6.45, 7) is 2.62. The minimum Gasteiger partial charge on any atom is -0.447 e. The van der Waals surface area contributed by atoms with Crippen molar-refractivity contribution in [1.29, 1.82) is 0 Å². The Bertz CT molecular complexity index is 411. The number of hydrogen-bond donors (Lipinski definition) is 0. The molecular weight excluding hydrogens is 202 g/mol. The lowest BCUT2D eigenvalue weighted by Gasteiger charge is -2.28. The Balaban J connectivity index is 1.93. The number of hydrogen-bond acceptors (Lipinski definition) is 2. The Morgan fingerprint density at radius 3 is 2.62 bits per heavy atom. The zero-order chi connectivity index (χ0) is 11.2. The van der Waals surface area contributed by atoms with Gasteiger partial charge in [-0.05, 0) is 25.3 Å². The quantitative estimate of drug-likeness (QED) is 0.762. The van der Waals surface area contributed by atoms with Gasteiger partial charge in [-0.3, -0.25) is 4.90 Å². The summed E-state index contributed by atoms with van der Waals surface area (Å²) in [5, 5.41) is 0. The van der Waals surface area contributed by atoms with Crippen LogP contribution in [0, 0.1) is 0 Å². The van der Waals surface area contributed by atoms with Crippen LogP contribution < -0.4 is 0 Å². The van der Waals surface area contributed by atoms with Crippen LogP contribution in [0.2, 0.25) is 0 Å². The molecule has 84 valence electrons. The fourth-order valence-corrected chi connectivity index (χ4v) is 2.36. The van der Waals surface area contributed by atoms with Crippen molar-refractivity contribution in [3.63, 3.8) is 0 Å². The van der Waals surface area contributed by atoms with Gasteiger partial charge in [0.2, 0.25) is 0 Å². The molecule has 1 aliphatic carbocycles. The Labute approximate surface area is 95.0 Å². The summed E-state index contributed by atoms with van der Waals surface area (Å²) < 4.78 is 5.19. The molecule has 0 bridgehead atoms. The summed E-state index contributed by atoms with van der Waals surface area (Å²) in [7, 11) is 0. The van der Waals surface area contributed by atoms with Crippen molar-refractivity contribution in [3.05, 3.63) is 35.9 Å². The number of nitrogens with zero attached hydrogens (tertiary/aromatic N) is 1. The molecule has 0 N–H and O–H groups in total. The first-order chi connectivity index (χ1) is 7.71. The van der Waals surface area contributed by atoms with Crippen molar-refractivity contribution < 1.29 is 9.53 Å². The highest BCUT2D eigenvalue weighted by atomic mass is 16.6. The van der Waals surface area contributed by atoms with Crippen molar-refractivity contribution in [3.8, 4) is 0 Å². The predicted molar refractivity (Wildman–Crippen MR) is 60.0 cm³/mol. The van der Waals surface area contributed by atoms with E-state index in [-0.39, 0.29) is 17.7 Å². The highest BCUT2D eigenvalue weighted by molar-refractivity contribution is 5.72. The van der Waals surface area contributed by atoms with Gasteiger partial charge >= 0.3 is 6.09 Å². The molecule has 1 atom stereocenters. The lowest BCUT2D eigenvalue weighted by atomic mass is 10.1. The van der Waals surface area contributed by atoms with Gasteiger partial charge in [0.05, 0.1) is 6.04 Å². The molecule has 16 heavy (non-hydrogen) atoms. The summed E-state index contributed by atoms with van der Waals surface area (Å²) in [6.07, 6.45) is 2.02. The highest BCUT2D eigenvalue weighted by Gasteiger charge is 2.52. The van der Waals surface area contributed by atoms with Gasteiger partial charge in [-0.15, -0.1) is 0 Å². The van der Waals surface area contributed by atoms with Crippen LogP contribution in [-0.2, 0) is 4.74 Å². The Hall–Kier alpha value is -1.51. The highest BCUT2D eigenvalue weighted by Crippen LogP contribution is 2.47. The molecule has 0 unspecified atom stereocenters. The Morgan fingerprint density at radius 2 is 2.00 bits per heavy atom. The van der Waals surface area contributed by atoms with Crippen LogP contribution in [0.4, 0.5) is 4.79 Å². The smallest absolute Gasteiger partial charge is 0.410 e. The second-order valence-corrected chi connectivity index (χ2v) is 4.87. The van der Waals surface area contributed by atoms with Crippen LogP contribution in [0.5, 0.6) is 0 Å². The average Bonchev–Trinajstić information content (AvgIpc) is 2.91. The molecule has 1 aliphatic heterocycles. The number of cyclic esters (lactones) is 1. The molecule has 2 fully saturated rings. The number of amides is 1. The maximum absolute atomic E-state index is 11.7. The molecule has 1 aromatic carbocycles. The van der Waals surface area contributed by atoms with Gasteiger partial charge < -0.3 is 4.74 Å². The van der Waals surface area contributed by atoms with Crippen LogP contribution in [0.1, 0.15) is 31.4 Å². The summed E-state index contributed by atoms with van der Waals surface area (Å²) in [5.41, 5.74) is 1.20. The van der Waals surface area contributed by atoms with Gasteiger partial charge in [0.15, 0.2) is 0 Å². The molecule has 3 nitrogen and oxygen atoms in total. The third-order valence-corrected chi connectivity index (χ3v) is 3.61. The van der Waals surface area contributed by atoms with Gasteiger partial charge in [-0.25, -0.2) is 4.79 Å². The van der Waals surface area contributed by atoms with E-state index in [4.69, 9.17) is 4.74 Å². The first-order valence-electron chi connectivity index (χ1n) is 5.72. The van der Waals surface area contributed by atoms with E-state index < -0.39 is 0 Å². The normalized spacial score (nSPS) is 26.7. The van der Waals surface area contributed by atoms with E-state index in [2.05, 4.69) is 19.1 Å². The molecule has 0 aromatic heterocycles. The zero-order valence-corrected chi connectivity index (χ0v) is 9.35. The average molecular weight is 217 g/mol. The lowest BCUT2D eigenvalue weighted by molar-refractivity contribution is 0.142. The first kappa shape index (κ1) is 9.70. The van der Waals surface area contributed by atoms with Gasteiger partial charge in [-0.2, -0.15) is 0 Å². The minimum absolute atomic E-state index is 0.0358. The standard InChI is InChI=1S/C13H15NO2/c1-13(7-8-13)14-11(9-16-12(14)15)10-5-3-2-4-6-10/h2-6,11H,7-9H2,1H3/t11-/m0/s1. The Morgan fingerprint density at radius 1 is 1.31 bits per heavy atom. The lowest BCUT2D eigenvalue weighted by Crippen LogP contribution is -2.37. The van der Waals surface area contributed by atoms with Crippen LogP contribution >= 0.6 is 0 Å². The van der Waals surface area contributed by atoms with Crippen molar-refractivity contribution in [1.82, 2.24) is 4.90 Å². The van der Waals surface area contributed by atoms with Crippen LogP contribution in [0.25, 0.3) is 0 Å². The largest absolute Gasteiger partial charge is 0.447 e. The first-order valence-corrected chi connectivity index (χ1v) is 5.72. The van der Waals surface area contributed by atoms with E-state index in [0.717, 1.165) is 12.8 Å². The van der Waals surface area contributed by atoms with E-state index in [1.165, 1.54) is 5.56 Å². The maximum atomic E-state index is 11.7. The van der Waals surface area contributed by atoms with Crippen molar-refractivity contribution in [2.75, 3.05) is 6.61 Å². The van der Waals surface area contributed by atoms with Crippen LogP contribution in [0.3, 0.4) is 0 Å². The second-order valence-electron chi connectivity index (χ2n) is 4.87. The molecule has 0 radical (unpaired) electrons. The second kappa shape index (κ2) is 3.24. The molecule has 0 spiro atoms. The van der Waals surface area contributed by atoms with Crippen molar-refractivity contribution in [2.45, 2.75) is 31.3 Å². The molecule has 1 saturated carbocycles. The van der Waals surface area contributed by atoms with Gasteiger partial charge in [0, 0.05) is 5.54 Å². The zero-order valence-electron chi connectivity index (χ0n) is 9.35. The fraction of sp³-hybridized carbons (Fsp3) is 0.462. The minimum atomic E-state index is -0.158. The molecule has 1 amide bonds. The van der Waals surface area contributed by atoms with E-state index in [1.807, 2.05) is 23.1 Å². The molecule has 1 heterocycles. The molecule has 2 aliphatic rings. The number of ether oxygens (including phenoxy) is 1. The maximum Gasteiger partial charge on any atom is 0.410 e. The SMILES string of the molecule is CC1(N2C(=O)OC[C@H]2c2ccccc2)CC1. The van der Waals surface area contributed by atoms with E-state index in [0.29, 0.717) is 6.61 Å². The fourth-order valence-electron chi connectivity index (χ4n) is 2.36. The van der Waals surface area contributed by atoms with Crippen molar-refractivity contribution >= 4 is 6.09 Å². The third-order valence-electron chi connectivity index (χ3n) is 3.61. The van der Waals surface area contributed by atoms with E-state index in [1.54, 1.807) is 0 Å². The molecular formula is C13H15NO2. The van der Waals surface area contributed by atoms with E-state index >= 15 is 0 Å². The summed E-state index contributed by atoms with van der Waals surface area (Å²) in [6, 6.07) is 10.2. The van der Waals surface area contributed by atoms with E-state index in [9.17, 15) is 4.79 Å². The molecule has 1 saturated heterocycles. The van der Waals surface area contributed by atoms with Crippen LogP contribution in [-0.4, -0.2) is 23.1 Å². The van der Waals surface area contributed by atoms with Gasteiger partial charge in [0.25, 0.3) is 0 Å². The predicted octanol–water partition coefficient (Wildman–Crippen LogP) is 2.73. The van der Waals surface area contributed by atoms with Gasteiger partial charge in [-0.1, -0.05) is 30.3 Å². The summed E-state index contributed by atoms with van der Waals surface area (Å²) in [5.74, 6) is 0. The number of benzene rings is 1. The monoisotopic (exact) mass is 217 g/mol. The topological polar surface area (TPSA) is 29.5 Å². The number of carbonyl (C=O) groups excluding carboxylic acids is 1. The molecule has 3 heteroatoms. The number of carbonyl (C=O) groups is 1. The third kappa shape index (κ3) is 1.39. The van der Waals surface area contributed by atoms with Gasteiger partial charge in [0.1, 0.15) is 6.61 Å². The summed E-state index contributed by atoms with van der Waals surface area (Å²) >= 11 is 0. The Kier molecular flexibility index (Phi) is 1.96. The van der Waals surface area contributed by atoms with Crippen molar-refractivity contribution in [2.24, 2.45) is 0 Å². The summed E-state index contributed by atoms with van der Waals surface area (Å²) in [4.78, 5) is 13.7.